The quantitative estimate of drug-likeness (QED) is 0.400. The number of benzene rings is 1. The van der Waals surface area contributed by atoms with Crippen LogP contribution in [0.3, 0.4) is 0 Å². The van der Waals surface area contributed by atoms with Gasteiger partial charge in [-0.05, 0) is 56.2 Å². The third kappa shape index (κ3) is 5.06. The van der Waals surface area contributed by atoms with Crippen molar-refractivity contribution in [3.05, 3.63) is 65.0 Å². The van der Waals surface area contributed by atoms with Gasteiger partial charge in [-0.3, -0.25) is 4.90 Å². The van der Waals surface area contributed by atoms with Crippen molar-refractivity contribution < 1.29 is 4.74 Å². The van der Waals surface area contributed by atoms with Gasteiger partial charge in [0.15, 0.2) is 0 Å². The van der Waals surface area contributed by atoms with E-state index in [1.807, 2.05) is 23.8 Å². The maximum Gasteiger partial charge on any atom is 0.252 e. The average molecular weight is 499 g/mol. The number of aryl methyl sites for hydroxylation is 3. The molecule has 192 valence electrons. The van der Waals surface area contributed by atoms with Crippen molar-refractivity contribution in [2.45, 2.75) is 40.2 Å². The summed E-state index contributed by atoms with van der Waals surface area (Å²) >= 11 is 0. The molecular weight excluding hydrogens is 464 g/mol. The van der Waals surface area contributed by atoms with Gasteiger partial charge in [-0.25, -0.2) is 19.5 Å². The number of fused-ring (bicyclic) bond motifs is 1. The molecule has 0 aliphatic carbocycles. The lowest BCUT2D eigenvalue weighted by atomic mass is 9.96. The third-order valence-electron chi connectivity index (χ3n) is 7.65. The molecule has 2 aliphatic heterocycles. The van der Waals surface area contributed by atoms with Gasteiger partial charge >= 0.3 is 0 Å². The van der Waals surface area contributed by atoms with Gasteiger partial charge in [-0.15, -0.1) is 0 Å². The molecule has 6 rings (SSSR count). The van der Waals surface area contributed by atoms with Crippen LogP contribution in [0.4, 0.5) is 5.95 Å². The summed E-state index contributed by atoms with van der Waals surface area (Å²) in [5, 5.41) is 4.52. The molecule has 0 N–H and O–H groups in total. The number of rotatable bonds is 6. The highest BCUT2D eigenvalue weighted by Gasteiger charge is 2.26. The Hall–Kier alpha value is -3.43. The summed E-state index contributed by atoms with van der Waals surface area (Å²) in [7, 11) is 0. The van der Waals surface area contributed by atoms with Crippen molar-refractivity contribution in [2.24, 2.45) is 5.92 Å². The van der Waals surface area contributed by atoms with E-state index in [0.717, 1.165) is 93.1 Å². The molecule has 4 aromatic rings. The van der Waals surface area contributed by atoms with E-state index in [0.29, 0.717) is 11.7 Å². The molecule has 2 fully saturated rings. The summed E-state index contributed by atoms with van der Waals surface area (Å²) in [5.74, 6) is 2.78. The Kier molecular flexibility index (Phi) is 6.56. The van der Waals surface area contributed by atoms with Crippen LogP contribution in [0.25, 0.3) is 16.9 Å². The first-order chi connectivity index (χ1) is 18.0. The van der Waals surface area contributed by atoms with Crippen molar-refractivity contribution in [1.82, 2.24) is 34.4 Å². The zero-order valence-electron chi connectivity index (χ0n) is 21.9. The lowest BCUT2D eigenvalue weighted by Crippen LogP contribution is -2.35. The first kappa shape index (κ1) is 23.9. The predicted molar refractivity (Wildman–Crippen MR) is 143 cm³/mol. The molecule has 1 aromatic carbocycles. The zero-order chi connectivity index (χ0) is 25.4. The van der Waals surface area contributed by atoms with Gasteiger partial charge in [0, 0.05) is 62.1 Å². The molecule has 1 unspecified atom stereocenters. The van der Waals surface area contributed by atoms with Crippen molar-refractivity contribution in [3.63, 3.8) is 0 Å². The van der Waals surface area contributed by atoms with Crippen LogP contribution in [-0.4, -0.2) is 73.8 Å². The van der Waals surface area contributed by atoms with Crippen molar-refractivity contribution in [2.75, 3.05) is 44.3 Å². The molecule has 9 nitrogen and oxygen atoms in total. The second kappa shape index (κ2) is 10.1. The highest BCUT2D eigenvalue weighted by atomic mass is 16.5. The van der Waals surface area contributed by atoms with Crippen LogP contribution in [0.2, 0.25) is 0 Å². The van der Waals surface area contributed by atoms with Gasteiger partial charge in [-0.1, -0.05) is 24.3 Å². The van der Waals surface area contributed by atoms with Crippen LogP contribution in [0.1, 0.15) is 34.8 Å². The molecule has 2 saturated heterocycles. The number of ether oxygens (including phenoxy) is 1. The number of nitrogens with zero attached hydrogens (tertiary/aromatic N) is 8. The van der Waals surface area contributed by atoms with Gasteiger partial charge < -0.3 is 9.64 Å². The minimum atomic E-state index is 0.531. The molecule has 0 radical (unpaired) electrons. The maximum atomic E-state index is 5.45. The first-order valence-corrected chi connectivity index (χ1v) is 13.2. The summed E-state index contributed by atoms with van der Waals surface area (Å²) in [5.41, 5.74) is 6.98. The molecule has 0 spiro atoms. The Bertz CT molecular complexity index is 1380. The van der Waals surface area contributed by atoms with Crippen LogP contribution in [0.15, 0.2) is 36.7 Å². The minimum Gasteiger partial charge on any atom is -0.379 e. The lowest BCUT2D eigenvalue weighted by Gasteiger charge is -2.26. The topological polar surface area (TPSA) is 84.6 Å². The molecule has 37 heavy (non-hydrogen) atoms. The third-order valence-corrected chi connectivity index (χ3v) is 7.65. The number of anilines is 1. The highest BCUT2D eigenvalue weighted by molar-refractivity contribution is 5.62. The molecule has 0 saturated carbocycles. The van der Waals surface area contributed by atoms with E-state index in [-0.39, 0.29) is 0 Å². The minimum absolute atomic E-state index is 0.531. The second-order valence-electron chi connectivity index (χ2n) is 10.3. The fourth-order valence-electron chi connectivity index (χ4n) is 5.53. The molecule has 2 aliphatic rings. The van der Waals surface area contributed by atoms with Crippen molar-refractivity contribution in [1.29, 1.82) is 0 Å². The number of aromatic nitrogens is 6. The van der Waals surface area contributed by atoms with Crippen LogP contribution in [0, 0.1) is 26.7 Å². The Morgan fingerprint density at radius 2 is 1.68 bits per heavy atom. The van der Waals surface area contributed by atoms with E-state index in [4.69, 9.17) is 19.7 Å². The standard InChI is InChI=1S/C28H34N8O/c1-19-26(20(2)36-28(31-19)32-21(3)33-36)14-23-8-9-35(18-23)27-29-15-25(16-30-27)24-6-4-22(5-7-24)17-34-10-12-37-13-11-34/h4-7,15-16,23H,8-14,17-18H2,1-3H3. The van der Waals surface area contributed by atoms with Crippen LogP contribution < -0.4 is 4.90 Å². The smallest absolute Gasteiger partial charge is 0.252 e. The predicted octanol–water partition coefficient (Wildman–Crippen LogP) is 3.41. The average Bonchev–Trinajstić information content (AvgIpc) is 3.54. The SMILES string of the molecule is Cc1nc2nc(C)c(CC3CCN(c4ncc(-c5ccc(CN6CCOCC6)cc5)cn4)C3)c(C)n2n1. The Morgan fingerprint density at radius 1 is 0.919 bits per heavy atom. The monoisotopic (exact) mass is 498 g/mol. The fourth-order valence-corrected chi connectivity index (χ4v) is 5.53. The highest BCUT2D eigenvalue weighted by Crippen LogP contribution is 2.27. The first-order valence-electron chi connectivity index (χ1n) is 13.2. The van der Waals surface area contributed by atoms with Crippen molar-refractivity contribution in [3.8, 4) is 11.1 Å². The molecule has 0 amide bonds. The molecular formula is C28H34N8O. The summed E-state index contributed by atoms with van der Waals surface area (Å²) in [6.45, 7) is 12.7. The Balaban J connectivity index is 1.09. The summed E-state index contributed by atoms with van der Waals surface area (Å²) < 4.78 is 7.33. The van der Waals surface area contributed by atoms with Gasteiger partial charge in [0.05, 0.1) is 13.2 Å². The summed E-state index contributed by atoms with van der Waals surface area (Å²) in [6, 6.07) is 8.76. The number of morpholine rings is 1. The second-order valence-corrected chi connectivity index (χ2v) is 10.3. The number of hydrogen-bond acceptors (Lipinski definition) is 8. The summed E-state index contributed by atoms with van der Waals surface area (Å²) in [4.78, 5) is 23.3. The van der Waals surface area contributed by atoms with E-state index in [1.54, 1.807) is 0 Å². The Labute approximate surface area is 217 Å². The van der Waals surface area contributed by atoms with E-state index < -0.39 is 0 Å². The van der Waals surface area contributed by atoms with Gasteiger partial charge in [0.2, 0.25) is 5.95 Å². The molecule has 1 atom stereocenters. The van der Waals surface area contributed by atoms with E-state index in [9.17, 15) is 0 Å². The van der Waals surface area contributed by atoms with Crippen LogP contribution >= 0.6 is 0 Å². The van der Waals surface area contributed by atoms with E-state index in [1.165, 1.54) is 11.1 Å². The Morgan fingerprint density at radius 3 is 2.43 bits per heavy atom. The van der Waals surface area contributed by atoms with Gasteiger partial charge in [-0.2, -0.15) is 10.1 Å². The van der Waals surface area contributed by atoms with Crippen LogP contribution in [-0.2, 0) is 17.7 Å². The normalized spacial score (nSPS) is 18.7. The largest absolute Gasteiger partial charge is 0.379 e. The van der Waals surface area contributed by atoms with Crippen molar-refractivity contribution >= 4 is 11.7 Å². The van der Waals surface area contributed by atoms with E-state index >= 15 is 0 Å². The fraction of sp³-hybridized carbons (Fsp3) is 0.464. The molecule has 0 bridgehead atoms. The van der Waals surface area contributed by atoms with Gasteiger partial charge in [0.1, 0.15) is 5.82 Å². The maximum absolute atomic E-state index is 5.45. The molecule has 9 heteroatoms. The molecule has 3 aromatic heterocycles. The van der Waals surface area contributed by atoms with E-state index in [2.05, 4.69) is 58.0 Å². The summed E-state index contributed by atoms with van der Waals surface area (Å²) in [6.07, 6.45) is 5.99. The van der Waals surface area contributed by atoms with Crippen LogP contribution in [0.5, 0.6) is 0 Å². The number of hydrogen-bond donors (Lipinski definition) is 0. The zero-order valence-corrected chi connectivity index (χ0v) is 21.9. The van der Waals surface area contributed by atoms with Gasteiger partial charge in [0.25, 0.3) is 5.78 Å². The molecule has 5 heterocycles. The lowest BCUT2D eigenvalue weighted by molar-refractivity contribution is 0.0342.